The van der Waals surface area contributed by atoms with Gasteiger partial charge < -0.3 is 5.32 Å². The van der Waals surface area contributed by atoms with E-state index < -0.39 is 5.41 Å². The Morgan fingerprint density at radius 3 is 2.68 bits per heavy atom. The van der Waals surface area contributed by atoms with Crippen LogP contribution in [0.15, 0.2) is 48.5 Å². The monoisotopic (exact) mass is 336 g/mol. The van der Waals surface area contributed by atoms with Gasteiger partial charge in [-0.1, -0.05) is 24.3 Å². The molecule has 3 aromatic rings. The number of carbonyl (C=O) groups is 1. The Balaban J connectivity index is 1.57. The molecular formula is C19H17FN4O. The lowest BCUT2D eigenvalue weighted by molar-refractivity contribution is -0.118. The number of nitrogens with one attached hydrogen (secondary N) is 2. The van der Waals surface area contributed by atoms with E-state index in [1.165, 1.54) is 12.1 Å². The highest BCUT2D eigenvalue weighted by Gasteiger charge is 2.51. The van der Waals surface area contributed by atoms with Crippen LogP contribution in [0, 0.1) is 12.7 Å². The van der Waals surface area contributed by atoms with Gasteiger partial charge in [0, 0.05) is 11.3 Å². The lowest BCUT2D eigenvalue weighted by atomic mass is 9.94. The molecule has 0 unspecified atom stereocenters. The van der Waals surface area contributed by atoms with Crippen LogP contribution < -0.4 is 5.32 Å². The molecule has 126 valence electrons. The second-order valence-corrected chi connectivity index (χ2v) is 6.37. The van der Waals surface area contributed by atoms with Crippen LogP contribution in [0.4, 0.5) is 10.1 Å². The zero-order valence-electron chi connectivity index (χ0n) is 13.7. The molecule has 0 radical (unpaired) electrons. The van der Waals surface area contributed by atoms with E-state index in [0.717, 1.165) is 29.8 Å². The quantitative estimate of drug-likeness (QED) is 0.765. The third-order valence-electron chi connectivity index (χ3n) is 4.54. The van der Waals surface area contributed by atoms with Crippen molar-refractivity contribution < 1.29 is 9.18 Å². The average molecular weight is 336 g/mol. The molecule has 2 aromatic carbocycles. The summed E-state index contributed by atoms with van der Waals surface area (Å²) in [6.07, 6.45) is 1.45. The minimum Gasteiger partial charge on any atom is -0.325 e. The predicted octanol–water partition coefficient (Wildman–Crippen LogP) is 3.59. The van der Waals surface area contributed by atoms with Crippen molar-refractivity contribution in [1.82, 2.24) is 15.2 Å². The summed E-state index contributed by atoms with van der Waals surface area (Å²) in [4.78, 5) is 17.1. The van der Waals surface area contributed by atoms with Crippen molar-refractivity contribution in [2.75, 3.05) is 5.32 Å². The number of rotatable bonds is 4. The first kappa shape index (κ1) is 15.5. The fourth-order valence-corrected chi connectivity index (χ4v) is 3.02. The summed E-state index contributed by atoms with van der Waals surface area (Å²) in [5.41, 5.74) is 1.59. The number of amides is 1. The summed E-state index contributed by atoms with van der Waals surface area (Å²) >= 11 is 0. The first-order chi connectivity index (χ1) is 12.1. The molecule has 4 rings (SSSR count). The third-order valence-corrected chi connectivity index (χ3v) is 4.54. The molecule has 0 atom stereocenters. The third kappa shape index (κ3) is 2.91. The number of aromatic amines is 1. The van der Waals surface area contributed by atoms with E-state index in [4.69, 9.17) is 0 Å². The van der Waals surface area contributed by atoms with Crippen molar-refractivity contribution in [3.63, 3.8) is 0 Å². The molecule has 6 heteroatoms. The van der Waals surface area contributed by atoms with Crippen molar-refractivity contribution >= 4 is 11.6 Å². The largest absolute Gasteiger partial charge is 0.325 e. The number of aromatic nitrogens is 3. The molecule has 1 fully saturated rings. The summed E-state index contributed by atoms with van der Waals surface area (Å²) in [6, 6.07) is 13.7. The number of anilines is 1. The molecule has 1 saturated carbocycles. The number of hydrogen-bond donors (Lipinski definition) is 2. The second kappa shape index (κ2) is 5.81. The number of nitrogens with zero attached hydrogens (tertiary/aromatic N) is 2. The van der Waals surface area contributed by atoms with Crippen LogP contribution >= 0.6 is 0 Å². The molecule has 1 aliphatic rings. The Morgan fingerprint density at radius 1 is 1.20 bits per heavy atom. The van der Waals surface area contributed by atoms with Gasteiger partial charge in [-0.3, -0.25) is 9.89 Å². The van der Waals surface area contributed by atoms with E-state index in [0.29, 0.717) is 11.5 Å². The van der Waals surface area contributed by atoms with Gasteiger partial charge >= 0.3 is 0 Å². The number of aryl methyl sites for hydroxylation is 1. The summed E-state index contributed by atoms with van der Waals surface area (Å²) in [6.45, 7) is 1.83. The highest BCUT2D eigenvalue weighted by Crippen LogP contribution is 2.49. The van der Waals surface area contributed by atoms with Crippen molar-refractivity contribution in [3.05, 3.63) is 65.7 Å². The molecule has 25 heavy (non-hydrogen) atoms. The molecule has 1 amide bonds. The topological polar surface area (TPSA) is 70.7 Å². The van der Waals surface area contributed by atoms with E-state index in [2.05, 4.69) is 20.5 Å². The normalized spacial score (nSPS) is 15.0. The van der Waals surface area contributed by atoms with Gasteiger partial charge in [-0.05, 0) is 49.6 Å². The number of carbonyl (C=O) groups excluding carboxylic acids is 1. The molecule has 1 heterocycles. The minimum absolute atomic E-state index is 0.110. The fourth-order valence-electron chi connectivity index (χ4n) is 3.02. The lowest BCUT2D eigenvalue weighted by Gasteiger charge is -2.16. The van der Waals surface area contributed by atoms with Gasteiger partial charge in [0.25, 0.3) is 0 Å². The summed E-state index contributed by atoms with van der Waals surface area (Å²) in [5, 5.41) is 9.89. The molecule has 2 N–H and O–H groups in total. The predicted molar refractivity (Wildman–Crippen MR) is 92.5 cm³/mol. The summed E-state index contributed by atoms with van der Waals surface area (Å²) < 4.78 is 13.5. The number of hydrogen-bond acceptors (Lipinski definition) is 3. The van der Waals surface area contributed by atoms with Gasteiger partial charge in [-0.2, -0.15) is 5.10 Å². The Kier molecular flexibility index (Phi) is 3.60. The van der Waals surface area contributed by atoms with Crippen LogP contribution in [-0.4, -0.2) is 21.1 Å². The van der Waals surface area contributed by atoms with Crippen LogP contribution in [0.5, 0.6) is 0 Å². The zero-order valence-corrected chi connectivity index (χ0v) is 13.7. The van der Waals surface area contributed by atoms with Crippen LogP contribution in [0.1, 0.15) is 24.2 Å². The SMILES string of the molecule is Cc1nc(-c2cccc(NC(=O)C3(c4cccc(F)c4)CC3)c2)n[nH]1. The van der Waals surface area contributed by atoms with E-state index in [-0.39, 0.29) is 11.7 Å². The lowest BCUT2D eigenvalue weighted by Crippen LogP contribution is -2.27. The fraction of sp³-hybridized carbons (Fsp3) is 0.211. The van der Waals surface area contributed by atoms with Gasteiger partial charge in [0.05, 0.1) is 5.41 Å². The molecule has 0 aliphatic heterocycles. The first-order valence-corrected chi connectivity index (χ1v) is 8.14. The van der Waals surface area contributed by atoms with Gasteiger partial charge in [0.2, 0.25) is 5.91 Å². The summed E-state index contributed by atoms with van der Waals surface area (Å²) in [7, 11) is 0. The molecule has 1 aromatic heterocycles. The van der Waals surface area contributed by atoms with Crippen LogP contribution in [-0.2, 0) is 10.2 Å². The molecule has 0 spiro atoms. The van der Waals surface area contributed by atoms with Crippen LogP contribution in [0.3, 0.4) is 0 Å². The maximum absolute atomic E-state index is 13.5. The second-order valence-electron chi connectivity index (χ2n) is 6.37. The highest BCUT2D eigenvalue weighted by molar-refractivity contribution is 6.01. The highest BCUT2D eigenvalue weighted by atomic mass is 19.1. The maximum Gasteiger partial charge on any atom is 0.235 e. The standard InChI is InChI=1S/C19H17FN4O/c1-12-21-17(24-23-12)13-4-2-7-16(10-13)22-18(25)19(8-9-19)14-5-3-6-15(20)11-14/h2-7,10-11H,8-9H2,1H3,(H,22,25)(H,21,23,24). The van der Waals surface area contributed by atoms with E-state index in [1.54, 1.807) is 6.07 Å². The molecule has 0 bridgehead atoms. The minimum atomic E-state index is -0.626. The molecule has 0 saturated heterocycles. The van der Waals surface area contributed by atoms with Crippen molar-refractivity contribution in [2.45, 2.75) is 25.2 Å². The average Bonchev–Trinajstić information content (AvgIpc) is 3.31. The van der Waals surface area contributed by atoms with E-state index in [9.17, 15) is 9.18 Å². The summed E-state index contributed by atoms with van der Waals surface area (Å²) in [5.74, 6) is 0.882. The smallest absolute Gasteiger partial charge is 0.235 e. The van der Waals surface area contributed by atoms with Crippen molar-refractivity contribution in [2.24, 2.45) is 0 Å². The Labute approximate surface area is 144 Å². The number of halogens is 1. The van der Waals surface area contributed by atoms with Crippen LogP contribution in [0.2, 0.25) is 0 Å². The first-order valence-electron chi connectivity index (χ1n) is 8.14. The maximum atomic E-state index is 13.5. The van der Waals surface area contributed by atoms with Crippen LogP contribution in [0.25, 0.3) is 11.4 Å². The Hall–Kier alpha value is -3.02. The van der Waals surface area contributed by atoms with Gasteiger partial charge in [-0.25, -0.2) is 9.37 Å². The Bertz CT molecular complexity index is 946. The zero-order chi connectivity index (χ0) is 17.4. The van der Waals surface area contributed by atoms with E-state index >= 15 is 0 Å². The number of H-pyrrole nitrogens is 1. The van der Waals surface area contributed by atoms with Crippen molar-refractivity contribution in [3.8, 4) is 11.4 Å². The molecule has 1 aliphatic carbocycles. The van der Waals surface area contributed by atoms with Gasteiger partial charge in [0.15, 0.2) is 5.82 Å². The van der Waals surface area contributed by atoms with Gasteiger partial charge in [-0.15, -0.1) is 0 Å². The Morgan fingerprint density at radius 2 is 2.00 bits per heavy atom. The number of benzene rings is 2. The van der Waals surface area contributed by atoms with Crippen molar-refractivity contribution in [1.29, 1.82) is 0 Å². The van der Waals surface area contributed by atoms with Gasteiger partial charge in [0.1, 0.15) is 11.6 Å². The molecule has 5 nitrogen and oxygen atoms in total. The molecular weight excluding hydrogens is 319 g/mol. The van der Waals surface area contributed by atoms with E-state index in [1.807, 2.05) is 37.3 Å².